The van der Waals surface area contributed by atoms with Crippen molar-refractivity contribution in [3.63, 3.8) is 0 Å². The third-order valence-electron chi connectivity index (χ3n) is 2.58. The Bertz CT molecular complexity index is 427. The van der Waals surface area contributed by atoms with Gasteiger partial charge in [0, 0.05) is 23.7 Å². The van der Waals surface area contributed by atoms with Crippen molar-refractivity contribution in [3.05, 3.63) is 33.8 Å². The van der Waals surface area contributed by atoms with E-state index in [0.29, 0.717) is 23.2 Å². The van der Waals surface area contributed by atoms with Gasteiger partial charge in [-0.05, 0) is 24.6 Å². The first-order valence-electron chi connectivity index (χ1n) is 5.98. The van der Waals surface area contributed by atoms with Crippen molar-refractivity contribution >= 4 is 29.1 Å². The molecule has 0 aromatic heterocycles. The summed E-state index contributed by atoms with van der Waals surface area (Å²) in [4.78, 5) is 11.7. The van der Waals surface area contributed by atoms with Gasteiger partial charge in [0.15, 0.2) is 0 Å². The number of benzene rings is 1. The van der Waals surface area contributed by atoms with Gasteiger partial charge in [0.2, 0.25) is 5.91 Å². The largest absolute Gasteiger partial charge is 0.383 e. The molecule has 1 atom stereocenters. The highest BCUT2D eigenvalue weighted by Gasteiger charge is 2.12. The quantitative estimate of drug-likeness (QED) is 0.761. The molecule has 1 aromatic rings. The molecule has 0 aliphatic heterocycles. The second kappa shape index (κ2) is 8.38. The summed E-state index contributed by atoms with van der Waals surface area (Å²) in [5, 5.41) is 6.97. The monoisotopic (exact) mass is 304 g/mol. The van der Waals surface area contributed by atoms with E-state index in [9.17, 15) is 4.79 Å². The Balaban J connectivity index is 2.45. The summed E-state index contributed by atoms with van der Waals surface area (Å²) < 4.78 is 4.88. The van der Waals surface area contributed by atoms with E-state index in [1.807, 2.05) is 13.0 Å². The van der Waals surface area contributed by atoms with Crippen molar-refractivity contribution < 1.29 is 9.53 Å². The molecule has 0 saturated heterocycles. The van der Waals surface area contributed by atoms with E-state index < -0.39 is 0 Å². The van der Waals surface area contributed by atoms with Crippen LogP contribution in [0.1, 0.15) is 18.5 Å². The SMILES string of the molecule is COCCNCC(=O)N[C@H](C)c1ccc(Cl)cc1Cl. The van der Waals surface area contributed by atoms with Crippen LogP contribution in [-0.4, -0.2) is 32.7 Å². The highest BCUT2D eigenvalue weighted by Crippen LogP contribution is 2.25. The van der Waals surface area contributed by atoms with Gasteiger partial charge >= 0.3 is 0 Å². The van der Waals surface area contributed by atoms with Crippen molar-refractivity contribution in [1.82, 2.24) is 10.6 Å². The summed E-state index contributed by atoms with van der Waals surface area (Å²) in [6, 6.07) is 5.07. The van der Waals surface area contributed by atoms with E-state index in [1.165, 1.54) is 0 Å². The molecule has 0 spiro atoms. The van der Waals surface area contributed by atoms with Gasteiger partial charge in [-0.3, -0.25) is 4.79 Å². The van der Waals surface area contributed by atoms with Gasteiger partial charge in [0.1, 0.15) is 0 Å². The van der Waals surface area contributed by atoms with Gasteiger partial charge in [-0.2, -0.15) is 0 Å². The minimum atomic E-state index is -0.165. The number of carbonyl (C=O) groups is 1. The molecule has 0 aliphatic carbocycles. The van der Waals surface area contributed by atoms with E-state index >= 15 is 0 Å². The Morgan fingerprint density at radius 1 is 1.42 bits per heavy atom. The fraction of sp³-hybridized carbons (Fsp3) is 0.462. The van der Waals surface area contributed by atoms with Crippen LogP contribution >= 0.6 is 23.2 Å². The van der Waals surface area contributed by atoms with E-state index in [1.54, 1.807) is 19.2 Å². The Hall–Kier alpha value is -0.810. The summed E-state index contributed by atoms with van der Waals surface area (Å²) in [5.74, 6) is -0.0883. The van der Waals surface area contributed by atoms with Crippen LogP contribution in [0.25, 0.3) is 0 Å². The molecule has 0 saturated carbocycles. The zero-order valence-corrected chi connectivity index (χ0v) is 12.5. The first kappa shape index (κ1) is 16.2. The van der Waals surface area contributed by atoms with Crippen molar-refractivity contribution in [2.75, 3.05) is 26.8 Å². The summed E-state index contributed by atoms with van der Waals surface area (Å²) in [6.07, 6.45) is 0. The van der Waals surface area contributed by atoms with E-state index in [-0.39, 0.29) is 18.5 Å². The molecule has 0 unspecified atom stereocenters. The van der Waals surface area contributed by atoms with Crippen molar-refractivity contribution in [2.45, 2.75) is 13.0 Å². The standard InChI is InChI=1S/C13H18Cl2N2O2/c1-9(11-4-3-10(14)7-12(11)15)17-13(18)8-16-5-6-19-2/h3-4,7,9,16H,5-6,8H2,1-2H3,(H,17,18)/t9-/m1/s1. The van der Waals surface area contributed by atoms with Gasteiger partial charge < -0.3 is 15.4 Å². The maximum absolute atomic E-state index is 11.7. The van der Waals surface area contributed by atoms with Crippen LogP contribution in [0.2, 0.25) is 10.0 Å². The second-order valence-corrected chi connectivity index (χ2v) is 4.97. The van der Waals surface area contributed by atoms with E-state index in [2.05, 4.69) is 10.6 Å². The molecule has 19 heavy (non-hydrogen) atoms. The van der Waals surface area contributed by atoms with Crippen LogP contribution < -0.4 is 10.6 Å². The maximum Gasteiger partial charge on any atom is 0.234 e. The number of nitrogens with one attached hydrogen (secondary N) is 2. The smallest absolute Gasteiger partial charge is 0.234 e. The highest BCUT2D eigenvalue weighted by molar-refractivity contribution is 6.35. The zero-order valence-electron chi connectivity index (χ0n) is 11.0. The van der Waals surface area contributed by atoms with E-state index in [0.717, 1.165) is 5.56 Å². The van der Waals surface area contributed by atoms with Gasteiger partial charge in [0.25, 0.3) is 0 Å². The van der Waals surface area contributed by atoms with E-state index in [4.69, 9.17) is 27.9 Å². The van der Waals surface area contributed by atoms with Crippen LogP contribution in [0.5, 0.6) is 0 Å². The molecule has 0 radical (unpaired) electrons. The van der Waals surface area contributed by atoms with Gasteiger partial charge in [-0.1, -0.05) is 29.3 Å². The molecule has 1 aromatic carbocycles. The summed E-state index contributed by atoms with van der Waals surface area (Å²) >= 11 is 11.9. The van der Waals surface area contributed by atoms with Crippen LogP contribution in [0.15, 0.2) is 18.2 Å². The lowest BCUT2D eigenvalue weighted by Crippen LogP contribution is -2.36. The number of hydrogen-bond donors (Lipinski definition) is 2. The molecule has 0 aliphatic rings. The zero-order chi connectivity index (χ0) is 14.3. The Morgan fingerprint density at radius 3 is 2.79 bits per heavy atom. The molecular weight excluding hydrogens is 287 g/mol. The third kappa shape index (κ3) is 5.78. The molecule has 0 bridgehead atoms. The topological polar surface area (TPSA) is 50.4 Å². The van der Waals surface area contributed by atoms with Crippen molar-refractivity contribution in [2.24, 2.45) is 0 Å². The van der Waals surface area contributed by atoms with Crippen LogP contribution in [-0.2, 0) is 9.53 Å². The lowest BCUT2D eigenvalue weighted by atomic mass is 10.1. The molecule has 1 amide bonds. The first-order valence-corrected chi connectivity index (χ1v) is 6.74. The molecule has 4 nitrogen and oxygen atoms in total. The number of carbonyl (C=O) groups excluding carboxylic acids is 1. The van der Waals surface area contributed by atoms with Crippen molar-refractivity contribution in [3.8, 4) is 0 Å². The Labute approximate surface area is 123 Å². The molecule has 6 heteroatoms. The van der Waals surface area contributed by atoms with Crippen LogP contribution in [0.4, 0.5) is 0 Å². The maximum atomic E-state index is 11.7. The number of ether oxygens (including phenoxy) is 1. The number of rotatable bonds is 7. The Kier molecular flexibility index (Phi) is 7.16. The van der Waals surface area contributed by atoms with Crippen LogP contribution in [0, 0.1) is 0 Å². The summed E-state index contributed by atoms with van der Waals surface area (Å²) in [7, 11) is 1.62. The minimum absolute atomic E-state index is 0.0883. The lowest BCUT2D eigenvalue weighted by molar-refractivity contribution is -0.120. The highest BCUT2D eigenvalue weighted by atomic mass is 35.5. The average Bonchev–Trinajstić information content (AvgIpc) is 2.34. The summed E-state index contributed by atoms with van der Waals surface area (Å²) in [5.41, 5.74) is 0.844. The molecule has 0 fully saturated rings. The second-order valence-electron chi connectivity index (χ2n) is 4.12. The number of hydrogen-bond acceptors (Lipinski definition) is 3. The predicted molar refractivity (Wildman–Crippen MR) is 77.8 cm³/mol. The normalized spacial score (nSPS) is 12.2. The third-order valence-corrected chi connectivity index (χ3v) is 3.14. The number of amides is 1. The minimum Gasteiger partial charge on any atom is -0.383 e. The van der Waals surface area contributed by atoms with Gasteiger partial charge in [-0.25, -0.2) is 0 Å². The Morgan fingerprint density at radius 2 is 2.16 bits per heavy atom. The van der Waals surface area contributed by atoms with Gasteiger partial charge in [0.05, 0.1) is 19.2 Å². The van der Waals surface area contributed by atoms with Crippen molar-refractivity contribution in [1.29, 1.82) is 0 Å². The fourth-order valence-corrected chi connectivity index (χ4v) is 2.17. The van der Waals surface area contributed by atoms with Gasteiger partial charge in [-0.15, -0.1) is 0 Å². The predicted octanol–water partition coefficient (Wildman–Crippen LogP) is 2.41. The molecule has 106 valence electrons. The molecule has 0 heterocycles. The lowest BCUT2D eigenvalue weighted by Gasteiger charge is -2.16. The molecular formula is C13H18Cl2N2O2. The molecule has 2 N–H and O–H groups in total. The number of methoxy groups -OCH3 is 1. The average molecular weight is 305 g/mol. The summed E-state index contributed by atoms with van der Waals surface area (Å²) in [6.45, 7) is 3.34. The number of halogens is 2. The fourth-order valence-electron chi connectivity index (χ4n) is 1.60. The van der Waals surface area contributed by atoms with Crippen LogP contribution in [0.3, 0.4) is 0 Å². The first-order chi connectivity index (χ1) is 9.04. The molecule has 1 rings (SSSR count).